The van der Waals surface area contributed by atoms with Crippen LogP contribution in [0.3, 0.4) is 0 Å². The smallest absolute Gasteiger partial charge is 0.410 e. The first-order chi connectivity index (χ1) is 11.9. The normalized spacial score (nSPS) is 24.4. The molecule has 2 aliphatic rings. The van der Waals surface area contributed by atoms with Crippen LogP contribution in [0, 0.1) is 5.41 Å². The van der Waals surface area contributed by atoms with Gasteiger partial charge in [0.25, 0.3) is 0 Å². The van der Waals surface area contributed by atoms with E-state index < -0.39 is 29.0 Å². The van der Waals surface area contributed by atoms with E-state index in [1.54, 1.807) is 22.2 Å². The molecule has 1 N–H and O–H groups in total. The van der Waals surface area contributed by atoms with Crippen molar-refractivity contribution in [1.29, 1.82) is 0 Å². The van der Waals surface area contributed by atoms with E-state index >= 15 is 0 Å². The van der Waals surface area contributed by atoms with Gasteiger partial charge in [0.2, 0.25) is 0 Å². The summed E-state index contributed by atoms with van der Waals surface area (Å²) in [5.74, 6) is -1.35. The van der Waals surface area contributed by atoms with Crippen LogP contribution in [0.1, 0.15) is 47.5 Å². The molecule has 7 nitrogen and oxygen atoms in total. The van der Waals surface area contributed by atoms with Crippen molar-refractivity contribution in [3.63, 3.8) is 0 Å². The molecule has 1 saturated heterocycles. The maximum absolute atomic E-state index is 12.2. The van der Waals surface area contributed by atoms with Crippen LogP contribution in [-0.4, -0.2) is 71.8 Å². The molecule has 2 rings (SSSR count). The number of carbonyl (C=O) groups excluding carboxylic acids is 1. The average molecular weight is 361 g/mol. The van der Waals surface area contributed by atoms with E-state index in [1.165, 1.54) is 0 Å². The molecule has 2 aliphatic heterocycles. The summed E-state index contributed by atoms with van der Waals surface area (Å²) >= 11 is 0. The van der Waals surface area contributed by atoms with Crippen LogP contribution in [0.25, 0.3) is 0 Å². The van der Waals surface area contributed by atoms with Gasteiger partial charge in [-0.25, -0.2) is 4.79 Å². The first-order valence-electron chi connectivity index (χ1n) is 8.97. The second-order valence-corrected chi connectivity index (χ2v) is 8.24. The van der Waals surface area contributed by atoms with Crippen LogP contribution in [0.5, 0.6) is 0 Å². The number of hydrogen-bond acceptors (Lipinski definition) is 5. The second-order valence-electron chi connectivity index (χ2n) is 8.24. The molecule has 2 heterocycles. The molecule has 26 heavy (non-hydrogen) atoms. The molecule has 0 aromatic carbocycles. The zero-order valence-electron chi connectivity index (χ0n) is 16.2. The summed E-state index contributed by atoms with van der Waals surface area (Å²) in [7, 11) is 6.20. The van der Waals surface area contributed by atoms with Crippen LogP contribution in [0.15, 0.2) is 16.8 Å². The van der Waals surface area contributed by atoms with Crippen molar-refractivity contribution < 1.29 is 19.4 Å². The summed E-state index contributed by atoms with van der Waals surface area (Å²) in [5, 5.41) is 15.9. The fourth-order valence-corrected chi connectivity index (χ4v) is 3.17. The predicted octanol–water partition coefficient (Wildman–Crippen LogP) is 2.22. The highest BCUT2D eigenvalue weighted by Crippen LogP contribution is 2.36. The number of rotatable bonds is 3. The van der Waals surface area contributed by atoms with Gasteiger partial charge in [-0.15, -0.1) is 0 Å². The van der Waals surface area contributed by atoms with Crippen molar-refractivity contribution in [2.24, 2.45) is 10.5 Å². The number of carboxylic acids is 1. The highest BCUT2D eigenvalue weighted by atomic mass is 16.6. The zero-order valence-corrected chi connectivity index (χ0v) is 16.2. The van der Waals surface area contributed by atoms with Gasteiger partial charge in [-0.05, 0) is 53.0 Å². The fourth-order valence-electron chi connectivity index (χ4n) is 3.17. The van der Waals surface area contributed by atoms with E-state index in [9.17, 15) is 14.7 Å². The van der Waals surface area contributed by atoms with Crippen LogP contribution in [-0.2, 0) is 9.53 Å². The number of carbonyl (C=O) groups is 2. The molecule has 1 atom stereocenters. The molecule has 0 saturated carbocycles. The van der Waals surface area contributed by atoms with E-state index in [1.807, 2.05) is 34.6 Å². The molecular weight excluding hydrogens is 333 g/mol. The molecule has 1 unspecified atom stereocenters. The summed E-state index contributed by atoms with van der Waals surface area (Å²) in [6.07, 6.45) is 3.57. The lowest BCUT2D eigenvalue weighted by atomic mass is 9.75. The van der Waals surface area contributed by atoms with Gasteiger partial charge in [0, 0.05) is 25.1 Å². The topological polar surface area (TPSA) is 82.4 Å². The summed E-state index contributed by atoms with van der Waals surface area (Å²) in [4.78, 5) is 25.8. The van der Waals surface area contributed by atoms with Gasteiger partial charge in [-0.2, -0.15) is 5.10 Å². The van der Waals surface area contributed by atoms with Crippen LogP contribution in [0.4, 0.5) is 4.79 Å². The van der Waals surface area contributed by atoms with Crippen molar-refractivity contribution in [1.82, 2.24) is 9.91 Å². The Balaban J connectivity index is 2.12. The Morgan fingerprint density at radius 2 is 1.96 bits per heavy atom. The van der Waals surface area contributed by atoms with Crippen molar-refractivity contribution in [2.75, 3.05) is 13.1 Å². The largest absolute Gasteiger partial charge is 0.481 e. The predicted molar refractivity (Wildman–Crippen MR) is 100 cm³/mol. The van der Waals surface area contributed by atoms with Gasteiger partial charge in [0.15, 0.2) is 0 Å². The second kappa shape index (κ2) is 7.33. The lowest BCUT2D eigenvalue weighted by Crippen LogP contribution is -2.47. The Morgan fingerprint density at radius 1 is 1.38 bits per heavy atom. The number of aliphatic carboxylic acids is 1. The minimum absolute atomic E-state index is 0.127. The molecule has 0 aromatic heterocycles. The van der Waals surface area contributed by atoms with Crippen LogP contribution >= 0.6 is 0 Å². The van der Waals surface area contributed by atoms with Gasteiger partial charge >= 0.3 is 12.1 Å². The SMILES string of the molecule is [B]C1/C(=C/C2(C(=O)O)CCN(C(=O)OC(C)(C)C)CC2)C=NN1C(C)C. The Hall–Kier alpha value is -1.99. The van der Waals surface area contributed by atoms with E-state index in [4.69, 9.17) is 12.6 Å². The maximum Gasteiger partial charge on any atom is 0.410 e. The Kier molecular flexibility index (Phi) is 5.73. The highest BCUT2D eigenvalue weighted by molar-refractivity contribution is 6.17. The molecule has 8 heteroatoms. The monoisotopic (exact) mass is 361 g/mol. The number of ether oxygens (including phenoxy) is 1. The standard InChI is InChI=1S/C18H28BN3O4/c1-12(2)22-14(19)13(11-20-22)10-18(15(23)24)6-8-21(9-7-18)16(25)26-17(3,4)5/h10-12,14H,6-9H2,1-5H3,(H,23,24)/b13-10+. The lowest BCUT2D eigenvalue weighted by Gasteiger charge is -2.38. The van der Waals surface area contributed by atoms with Crippen molar-refractivity contribution in [3.8, 4) is 0 Å². The van der Waals surface area contributed by atoms with Gasteiger partial charge < -0.3 is 14.7 Å². The van der Waals surface area contributed by atoms with Gasteiger partial charge in [0.1, 0.15) is 13.4 Å². The zero-order chi connectivity index (χ0) is 19.7. The minimum atomic E-state index is -1.05. The van der Waals surface area contributed by atoms with E-state index in [0.29, 0.717) is 31.5 Å². The number of piperidine rings is 1. The Bertz CT molecular complexity index is 616. The molecule has 0 spiro atoms. The first-order valence-corrected chi connectivity index (χ1v) is 8.97. The Morgan fingerprint density at radius 3 is 2.38 bits per heavy atom. The molecule has 1 amide bonds. The minimum Gasteiger partial charge on any atom is -0.481 e. The quantitative estimate of drug-likeness (QED) is 0.780. The average Bonchev–Trinajstić information content (AvgIpc) is 2.87. The van der Waals surface area contributed by atoms with Gasteiger partial charge in [0.05, 0.1) is 11.6 Å². The number of likely N-dealkylation sites (tertiary alicyclic amines) is 1. The van der Waals surface area contributed by atoms with E-state index in [0.717, 1.165) is 0 Å². The van der Waals surface area contributed by atoms with Gasteiger partial charge in [-0.1, -0.05) is 6.08 Å². The first kappa shape index (κ1) is 20.3. The van der Waals surface area contributed by atoms with Crippen molar-refractivity contribution >= 4 is 26.1 Å². The fraction of sp³-hybridized carbons (Fsp3) is 0.722. The number of amides is 1. The summed E-state index contributed by atoms with van der Waals surface area (Å²) in [5.41, 5.74) is -0.926. The third-order valence-electron chi connectivity index (χ3n) is 4.67. The lowest BCUT2D eigenvalue weighted by molar-refractivity contribution is -0.148. The molecule has 2 radical (unpaired) electrons. The highest BCUT2D eigenvalue weighted by Gasteiger charge is 2.42. The third-order valence-corrected chi connectivity index (χ3v) is 4.67. The maximum atomic E-state index is 12.2. The number of hydrazone groups is 1. The number of nitrogens with zero attached hydrogens (tertiary/aromatic N) is 3. The summed E-state index contributed by atoms with van der Waals surface area (Å²) in [6, 6.07) is 0.127. The molecule has 0 aromatic rings. The van der Waals surface area contributed by atoms with E-state index in [2.05, 4.69) is 5.10 Å². The van der Waals surface area contributed by atoms with Crippen molar-refractivity contribution in [3.05, 3.63) is 11.6 Å². The molecule has 0 aliphatic carbocycles. The summed E-state index contributed by atoms with van der Waals surface area (Å²) in [6.45, 7) is 10.0. The molecular formula is C18H28BN3O4. The summed E-state index contributed by atoms with van der Waals surface area (Å²) < 4.78 is 5.37. The third kappa shape index (κ3) is 4.40. The number of hydrogen-bond donors (Lipinski definition) is 1. The van der Waals surface area contributed by atoms with Crippen LogP contribution < -0.4 is 0 Å². The van der Waals surface area contributed by atoms with E-state index in [-0.39, 0.29) is 6.04 Å². The molecule has 1 fully saturated rings. The van der Waals surface area contributed by atoms with Crippen LogP contribution in [0.2, 0.25) is 0 Å². The van der Waals surface area contributed by atoms with Crippen molar-refractivity contribution in [2.45, 2.75) is 65.0 Å². The molecule has 142 valence electrons. The van der Waals surface area contributed by atoms with Gasteiger partial charge in [-0.3, -0.25) is 9.80 Å². The molecule has 0 bridgehead atoms. The number of carboxylic acid groups (broad SMARTS) is 1. The Labute approximate surface area is 156 Å².